The van der Waals surface area contributed by atoms with Crippen molar-refractivity contribution in [2.24, 2.45) is 0 Å². The van der Waals surface area contributed by atoms with Gasteiger partial charge in [-0.3, -0.25) is 9.59 Å². The van der Waals surface area contributed by atoms with Crippen LogP contribution in [0.2, 0.25) is 5.02 Å². The lowest BCUT2D eigenvalue weighted by molar-refractivity contribution is -0.138. The van der Waals surface area contributed by atoms with Gasteiger partial charge in [0, 0.05) is 17.3 Å². The highest BCUT2D eigenvalue weighted by molar-refractivity contribution is 6.30. The summed E-state index contributed by atoms with van der Waals surface area (Å²) in [7, 11) is 0. The molecule has 3 rings (SSSR count). The van der Waals surface area contributed by atoms with E-state index < -0.39 is 34.8 Å². The summed E-state index contributed by atoms with van der Waals surface area (Å²) >= 11 is 5.58. The first-order valence-electron chi connectivity index (χ1n) is 7.50. The number of pyridine rings is 1. The predicted octanol–water partition coefficient (Wildman–Crippen LogP) is 4.31. The molecule has 1 N–H and O–H groups in total. The van der Waals surface area contributed by atoms with Crippen molar-refractivity contribution in [3.63, 3.8) is 0 Å². The van der Waals surface area contributed by atoms with Crippen LogP contribution in [0.1, 0.15) is 5.56 Å². The maximum Gasteiger partial charge on any atom is 0.417 e. The van der Waals surface area contributed by atoms with Crippen molar-refractivity contribution in [2.75, 3.05) is 5.32 Å². The Morgan fingerprint density at radius 1 is 1.12 bits per heavy atom. The quantitative estimate of drug-likeness (QED) is 0.736. The topological polar surface area (TPSA) is 51.1 Å². The fraction of sp³-hybridized carbons (Fsp3) is 0.111. The molecule has 0 aliphatic heterocycles. The van der Waals surface area contributed by atoms with E-state index >= 15 is 0 Å². The number of hydrogen-bond donors (Lipinski definition) is 1. The Kier molecular flexibility index (Phi) is 4.73. The van der Waals surface area contributed by atoms with Gasteiger partial charge in [0.15, 0.2) is 0 Å². The van der Waals surface area contributed by atoms with Crippen LogP contribution in [0.15, 0.2) is 59.5 Å². The first-order chi connectivity index (χ1) is 12.3. The fourth-order valence-corrected chi connectivity index (χ4v) is 2.78. The summed E-state index contributed by atoms with van der Waals surface area (Å²) < 4.78 is 39.2. The molecule has 0 saturated heterocycles. The van der Waals surface area contributed by atoms with Crippen molar-refractivity contribution >= 4 is 34.0 Å². The van der Waals surface area contributed by atoms with E-state index in [0.717, 1.165) is 10.8 Å². The molecular weight excluding hydrogens is 369 g/mol. The lowest BCUT2D eigenvalue weighted by atomic mass is 10.1. The minimum Gasteiger partial charge on any atom is -0.324 e. The van der Waals surface area contributed by atoms with E-state index in [0.29, 0.717) is 22.5 Å². The number of alkyl halides is 3. The first kappa shape index (κ1) is 18.0. The summed E-state index contributed by atoms with van der Waals surface area (Å²) in [5, 5.41) is 3.68. The highest BCUT2D eigenvalue weighted by atomic mass is 35.5. The number of carbonyl (C=O) groups excluding carboxylic acids is 1. The Bertz CT molecular complexity index is 1040. The molecule has 0 aliphatic rings. The van der Waals surface area contributed by atoms with E-state index in [1.165, 1.54) is 0 Å². The minimum atomic E-state index is -4.68. The number of nitrogens with one attached hydrogen (secondary N) is 1. The van der Waals surface area contributed by atoms with Crippen LogP contribution in [0, 0.1) is 0 Å². The van der Waals surface area contributed by atoms with Gasteiger partial charge in [-0.05, 0) is 17.5 Å². The van der Waals surface area contributed by atoms with E-state index in [9.17, 15) is 22.8 Å². The van der Waals surface area contributed by atoms with Gasteiger partial charge < -0.3 is 9.88 Å². The predicted molar refractivity (Wildman–Crippen MR) is 93.3 cm³/mol. The summed E-state index contributed by atoms with van der Waals surface area (Å²) in [5.41, 5.74) is -1.47. The van der Waals surface area contributed by atoms with Crippen LogP contribution in [0.5, 0.6) is 0 Å². The van der Waals surface area contributed by atoms with E-state index in [2.05, 4.69) is 5.32 Å². The fourth-order valence-electron chi connectivity index (χ4n) is 2.55. The Hall–Kier alpha value is -2.80. The van der Waals surface area contributed by atoms with Crippen LogP contribution in [-0.4, -0.2) is 10.5 Å². The van der Waals surface area contributed by atoms with Gasteiger partial charge in [0.05, 0.1) is 5.56 Å². The molecule has 3 aromatic rings. The normalized spacial score (nSPS) is 11.5. The zero-order chi connectivity index (χ0) is 18.9. The molecule has 0 saturated carbocycles. The van der Waals surface area contributed by atoms with Gasteiger partial charge in [-0.25, -0.2) is 0 Å². The SMILES string of the molecule is O=C(Cn1cc(C(F)(F)F)cc(Cl)c1=O)Nc1cccc2ccccc12. The summed E-state index contributed by atoms with van der Waals surface area (Å²) in [6.07, 6.45) is -4.10. The van der Waals surface area contributed by atoms with Crippen LogP contribution in [0.4, 0.5) is 18.9 Å². The van der Waals surface area contributed by atoms with Crippen molar-refractivity contribution in [1.29, 1.82) is 0 Å². The molecule has 26 heavy (non-hydrogen) atoms. The van der Waals surface area contributed by atoms with Gasteiger partial charge in [-0.15, -0.1) is 0 Å². The number of halogens is 4. The largest absolute Gasteiger partial charge is 0.417 e. The Balaban J connectivity index is 1.89. The average Bonchev–Trinajstić information content (AvgIpc) is 2.58. The number of nitrogens with zero attached hydrogens (tertiary/aromatic N) is 1. The van der Waals surface area contributed by atoms with Gasteiger partial charge in [-0.2, -0.15) is 13.2 Å². The molecule has 1 aromatic heterocycles. The molecule has 1 heterocycles. The molecule has 2 aromatic carbocycles. The van der Waals surface area contributed by atoms with Gasteiger partial charge in [-0.1, -0.05) is 48.0 Å². The maximum absolute atomic E-state index is 12.9. The molecule has 0 fully saturated rings. The molecule has 0 unspecified atom stereocenters. The van der Waals surface area contributed by atoms with E-state index in [1.807, 2.05) is 18.2 Å². The van der Waals surface area contributed by atoms with Gasteiger partial charge in [0.2, 0.25) is 5.91 Å². The number of rotatable bonds is 3. The van der Waals surface area contributed by atoms with Crippen molar-refractivity contribution in [2.45, 2.75) is 12.7 Å². The number of aromatic nitrogens is 1. The average molecular weight is 381 g/mol. The number of hydrogen-bond acceptors (Lipinski definition) is 2. The second-order valence-electron chi connectivity index (χ2n) is 5.58. The van der Waals surface area contributed by atoms with Gasteiger partial charge >= 0.3 is 6.18 Å². The highest BCUT2D eigenvalue weighted by Gasteiger charge is 2.32. The lowest BCUT2D eigenvalue weighted by Gasteiger charge is -2.13. The van der Waals surface area contributed by atoms with E-state index in [4.69, 9.17) is 11.6 Å². The highest BCUT2D eigenvalue weighted by Crippen LogP contribution is 2.29. The van der Waals surface area contributed by atoms with Crippen LogP contribution in [0.3, 0.4) is 0 Å². The standard InChI is InChI=1S/C18H12ClF3N2O2/c19-14-8-12(18(20,21)22)9-24(17(14)26)10-16(25)23-15-7-3-5-11-4-1-2-6-13(11)15/h1-9H,10H2,(H,23,25). The van der Waals surface area contributed by atoms with Crippen molar-refractivity contribution in [3.05, 3.63) is 75.7 Å². The molecule has 8 heteroatoms. The summed E-state index contributed by atoms with van der Waals surface area (Å²) in [4.78, 5) is 24.2. The maximum atomic E-state index is 12.9. The van der Waals surface area contributed by atoms with Crippen LogP contribution >= 0.6 is 11.6 Å². The third-order valence-corrected chi connectivity index (χ3v) is 4.02. The van der Waals surface area contributed by atoms with Crippen molar-refractivity contribution in [3.8, 4) is 0 Å². The van der Waals surface area contributed by atoms with Crippen molar-refractivity contribution in [1.82, 2.24) is 4.57 Å². The lowest BCUT2D eigenvalue weighted by Crippen LogP contribution is -2.29. The second-order valence-corrected chi connectivity index (χ2v) is 5.99. The zero-order valence-corrected chi connectivity index (χ0v) is 13.9. The monoisotopic (exact) mass is 380 g/mol. The molecule has 134 valence electrons. The number of fused-ring (bicyclic) bond motifs is 1. The van der Waals surface area contributed by atoms with E-state index in [1.54, 1.807) is 24.3 Å². The van der Waals surface area contributed by atoms with Crippen LogP contribution < -0.4 is 10.9 Å². The number of amides is 1. The second kappa shape index (κ2) is 6.84. The summed E-state index contributed by atoms with van der Waals surface area (Å²) in [6.45, 7) is -0.592. The molecule has 0 bridgehead atoms. The molecule has 0 atom stereocenters. The minimum absolute atomic E-state index is 0.499. The van der Waals surface area contributed by atoms with Crippen molar-refractivity contribution < 1.29 is 18.0 Å². The third-order valence-electron chi connectivity index (χ3n) is 3.75. The van der Waals surface area contributed by atoms with Gasteiger partial charge in [0.1, 0.15) is 11.6 Å². The van der Waals surface area contributed by atoms with Crippen LogP contribution in [-0.2, 0) is 17.5 Å². The summed E-state index contributed by atoms with van der Waals surface area (Å²) in [5.74, 6) is -0.640. The van der Waals surface area contributed by atoms with E-state index in [-0.39, 0.29) is 0 Å². The van der Waals surface area contributed by atoms with Gasteiger partial charge in [0.25, 0.3) is 5.56 Å². The molecule has 0 aliphatic carbocycles. The molecule has 4 nitrogen and oxygen atoms in total. The molecule has 1 amide bonds. The van der Waals surface area contributed by atoms with Crippen LogP contribution in [0.25, 0.3) is 10.8 Å². The smallest absolute Gasteiger partial charge is 0.324 e. The number of anilines is 1. The Labute approximate surface area is 150 Å². The summed E-state index contributed by atoms with van der Waals surface area (Å²) in [6, 6.07) is 13.1. The molecule has 0 spiro atoms. The molecular formula is C18H12ClF3N2O2. The number of benzene rings is 2. The first-order valence-corrected chi connectivity index (χ1v) is 7.88. The zero-order valence-electron chi connectivity index (χ0n) is 13.2. The number of carbonyl (C=O) groups is 1. The Morgan fingerprint density at radius 3 is 2.54 bits per heavy atom. The molecule has 0 radical (unpaired) electrons. The Morgan fingerprint density at radius 2 is 1.81 bits per heavy atom. The third kappa shape index (κ3) is 3.72.